The molecule has 112 valence electrons. The summed E-state index contributed by atoms with van der Waals surface area (Å²) in [5, 5.41) is 5.96. The lowest BCUT2D eigenvalue weighted by atomic mass is 10.0. The maximum Gasteiger partial charge on any atom is 0.126 e. The molecule has 0 aliphatic heterocycles. The molecule has 2 nitrogen and oxygen atoms in total. The molecular formula is C19H25NO. The van der Waals surface area contributed by atoms with Gasteiger partial charge in [0.15, 0.2) is 0 Å². The molecule has 2 aromatic carbocycles. The van der Waals surface area contributed by atoms with Gasteiger partial charge in [0.1, 0.15) is 5.75 Å². The molecule has 2 aromatic rings. The fourth-order valence-corrected chi connectivity index (χ4v) is 2.46. The van der Waals surface area contributed by atoms with Crippen LogP contribution in [0.4, 0.5) is 0 Å². The summed E-state index contributed by atoms with van der Waals surface area (Å²) in [6, 6.07) is 12.6. The van der Waals surface area contributed by atoms with Gasteiger partial charge in [-0.2, -0.15) is 0 Å². The molecule has 0 radical (unpaired) electrons. The lowest BCUT2D eigenvalue weighted by Crippen LogP contribution is -2.21. The van der Waals surface area contributed by atoms with Crippen molar-refractivity contribution < 1.29 is 4.74 Å². The van der Waals surface area contributed by atoms with Crippen LogP contribution in [0.15, 0.2) is 42.0 Å². The zero-order valence-electron chi connectivity index (χ0n) is 13.4. The van der Waals surface area contributed by atoms with Crippen molar-refractivity contribution in [2.75, 3.05) is 20.2 Å². The second-order valence-electron chi connectivity index (χ2n) is 5.92. The molecule has 0 atom stereocenters. The monoisotopic (exact) mass is 283 g/mol. The van der Waals surface area contributed by atoms with Crippen molar-refractivity contribution in [1.82, 2.24) is 5.32 Å². The summed E-state index contributed by atoms with van der Waals surface area (Å²) in [6.45, 7) is 8.55. The first-order valence-electron chi connectivity index (χ1n) is 7.55. The summed E-state index contributed by atoms with van der Waals surface area (Å²) >= 11 is 0. The molecule has 1 N–H and O–H groups in total. The average Bonchev–Trinajstić information content (AvgIpc) is 2.47. The molecule has 21 heavy (non-hydrogen) atoms. The van der Waals surface area contributed by atoms with E-state index in [-0.39, 0.29) is 0 Å². The van der Waals surface area contributed by atoms with Crippen LogP contribution in [0.1, 0.15) is 26.3 Å². The molecule has 0 aliphatic rings. The van der Waals surface area contributed by atoms with E-state index in [4.69, 9.17) is 4.74 Å². The van der Waals surface area contributed by atoms with Crippen LogP contribution < -0.4 is 10.1 Å². The van der Waals surface area contributed by atoms with Gasteiger partial charge in [-0.15, -0.1) is 0 Å². The van der Waals surface area contributed by atoms with E-state index in [0.29, 0.717) is 5.92 Å². The molecule has 0 saturated heterocycles. The van der Waals surface area contributed by atoms with Crippen LogP contribution in [-0.4, -0.2) is 20.2 Å². The molecule has 0 heterocycles. The summed E-state index contributed by atoms with van der Waals surface area (Å²) in [6.07, 6.45) is 2.23. The van der Waals surface area contributed by atoms with Crippen LogP contribution in [-0.2, 0) is 0 Å². The number of hydrogen-bond donors (Lipinski definition) is 1. The minimum Gasteiger partial charge on any atom is -0.496 e. The number of ether oxygens (including phenoxy) is 1. The van der Waals surface area contributed by atoms with Crippen LogP contribution in [0, 0.1) is 5.92 Å². The highest BCUT2D eigenvalue weighted by molar-refractivity contribution is 5.93. The summed E-state index contributed by atoms with van der Waals surface area (Å²) < 4.78 is 5.53. The van der Waals surface area contributed by atoms with E-state index >= 15 is 0 Å². The van der Waals surface area contributed by atoms with E-state index in [0.717, 1.165) is 18.8 Å². The molecule has 0 aliphatic carbocycles. The van der Waals surface area contributed by atoms with Crippen molar-refractivity contribution in [2.24, 2.45) is 5.92 Å². The zero-order valence-corrected chi connectivity index (χ0v) is 13.4. The van der Waals surface area contributed by atoms with Gasteiger partial charge in [0.05, 0.1) is 7.11 Å². The number of nitrogens with one attached hydrogen (secondary N) is 1. The Kier molecular flexibility index (Phi) is 5.40. The Bertz CT molecular complexity index is 628. The molecule has 0 saturated carbocycles. The van der Waals surface area contributed by atoms with Crippen molar-refractivity contribution in [3.63, 3.8) is 0 Å². The minimum atomic E-state index is 0.671. The molecule has 0 aromatic heterocycles. The first-order valence-corrected chi connectivity index (χ1v) is 7.55. The highest BCUT2D eigenvalue weighted by atomic mass is 16.5. The average molecular weight is 283 g/mol. The first kappa shape index (κ1) is 15.6. The summed E-state index contributed by atoms with van der Waals surface area (Å²) in [5.74, 6) is 1.60. The third-order valence-electron chi connectivity index (χ3n) is 3.50. The Morgan fingerprint density at radius 3 is 2.67 bits per heavy atom. The highest BCUT2D eigenvalue weighted by Crippen LogP contribution is 2.29. The van der Waals surface area contributed by atoms with Gasteiger partial charge in [-0.05, 0) is 36.2 Å². The van der Waals surface area contributed by atoms with E-state index in [2.05, 4.69) is 62.5 Å². The largest absolute Gasteiger partial charge is 0.496 e. The van der Waals surface area contributed by atoms with E-state index in [1.807, 2.05) is 6.07 Å². The molecular weight excluding hydrogens is 258 g/mol. The Morgan fingerprint density at radius 1 is 1.19 bits per heavy atom. The van der Waals surface area contributed by atoms with E-state index in [1.165, 1.54) is 21.9 Å². The number of hydrogen-bond acceptors (Lipinski definition) is 2. The number of rotatable bonds is 6. The maximum atomic E-state index is 5.53. The summed E-state index contributed by atoms with van der Waals surface area (Å²) in [7, 11) is 1.73. The second kappa shape index (κ2) is 7.28. The van der Waals surface area contributed by atoms with E-state index in [1.54, 1.807) is 7.11 Å². The summed E-state index contributed by atoms with van der Waals surface area (Å²) in [5.41, 5.74) is 2.48. The van der Waals surface area contributed by atoms with Gasteiger partial charge in [-0.1, -0.05) is 55.8 Å². The standard InChI is InChI=1S/C19H25NO/c1-14(2)12-20-13-15(3)11-18-17-8-6-5-7-16(17)9-10-19(18)21-4/h5-11,14,20H,12-13H2,1-4H3. The maximum absolute atomic E-state index is 5.53. The first-order chi connectivity index (χ1) is 10.1. The van der Waals surface area contributed by atoms with Gasteiger partial charge in [0.2, 0.25) is 0 Å². The van der Waals surface area contributed by atoms with Crippen molar-refractivity contribution in [1.29, 1.82) is 0 Å². The Balaban J connectivity index is 2.31. The normalized spacial score (nSPS) is 12.1. The number of methoxy groups -OCH3 is 1. The Morgan fingerprint density at radius 2 is 1.95 bits per heavy atom. The molecule has 0 bridgehead atoms. The van der Waals surface area contributed by atoms with Gasteiger partial charge in [0.25, 0.3) is 0 Å². The van der Waals surface area contributed by atoms with Gasteiger partial charge in [-0.25, -0.2) is 0 Å². The molecule has 0 fully saturated rings. The van der Waals surface area contributed by atoms with Crippen molar-refractivity contribution in [3.8, 4) is 5.75 Å². The lowest BCUT2D eigenvalue weighted by Gasteiger charge is -2.11. The Labute approximate surface area is 127 Å². The third kappa shape index (κ3) is 4.08. The van der Waals surface area contributed by atoms with Gasteiger partial charge in [-0.3, -0.25) is 0 Å². The highest BCUT2D eigenvalue weighted by Gasteiger charge is 2.06. The van der Waals surface area contributed by atoms with Crippen LogP contribution in [0.2, 0.25) is 0 Å². The number of fused-ring (bicyclic) bond motifs is 1. The van der Waals surface area contributed by atoms with Gasteiger partial charge < -0.3 is 10.1 Å². The third-order valence-corrected chi connectivity index (χ3v) is 3.50. The van der Waals surface area contributed by atoms with E-state index < -0.39 is 0 Å². The minimum absolute atomic E-state index is 0.671. The predicted molar refractivity (Wildman–Crippen MR) is 91.9 cm³/mol. The molecule has 2 rings (SSSR count). The molecule has 2 heteroatoms. The van der Waals surface area contributed by atoms with Gasteiger partial charge in [0, 0.05) is 12.1 Å². The quantitative estimate of drug-likeness (QED) is 0.843. The number of benzene rings is 2. The fourth-order valence-electron chi connectivity index (χ4n) is 2.46. The molecule has 0 amide bonds. The van der Waals surface area contributed by atoms with Crippen molar-refractivity contribution in [2.45, 2.75) is 20.8 Å². The summed E-state index contributed by atoms with van der Waals surface area (Å²) in [4.78, 5) is 0. The molecule has 0 unspecified atom stereocenters. The van der Waals surface area contributed by atoms with Crippen LogP contribution in [0.25, 0.3) is 16.8 Å². The van der Waals surface area contributed by atoms with Gasteiger partial charge >= 0.3 is 0 Å². The Hall–Kier alpha value is -1.80. The zero-order chi connectivity index (χ0) is 15.2. The molecule has 0 spiro atoms. The predicted octanol–water partition coefficient (Wildman–Crippen LogP) is 4.50. The van der Waals surface area contributed by atoms with E-state index in [9.17, 15) is 0 Å². The van der Waals surface area contributed by atoms with Crippen molar-refractivity contribution >= 4 is 16.8 Å². The second-order valence-corrected chi connectivity index (χ2v) is 5.92. The lowest BCUT2D eigenvalue weighted by molar-refractivity contribution is 0.414. The smallest absolute Gasteiger partial charge is 0.126 e. The SMILES string of the molecule is COc1ccc2ccccc2c1C=C(C)CNCC(C)C. The van der Waals surface area contributed by atoms with Crippen molar-refractivity contribution in [3.05, 3.63) is 47.5 Å². The van der Waals surface area contributed by atoms with Crippen LogP contribution in [0.3, 0.4) is 0 Å². The topological polar surface area (TPSA) is 21.3 Å². The van der Waals surface area contributed by atoms with Crippen LogP contribution in [0.5, 0.6) is 5.75 Å². The fraction of sp³-hybridized carbons (Fsp3) is 0.368. The van der Waals surface area contributed by atoms with Crippen LogP contribution >= 0.6 is 0 Å².